The maximum Gasteiger partial charge on any atom is 0.250 e. The van der Waals surface area contributed by atoms with Crippen LogP contribution in [-0.4, -0.2) is 60.1 Å². The number of carbonyl (C=O) groups is 3. The van der Waals surface area contributed by atoms with Gasteiger partial charge < -0.3 is 15.2 Å². The average molecular weight is 387 g/mol. The Bertz CT molecular complexity index is 854. The summed E-state index contributed by atoms with van der Waals surface area (Å²) in [7, 11) is 1.50. The summed E-state index contributed by atoms with van der Waals surface area (Å²) in [5, 5.41) is 16.4. The van der Waals surface area contributed by atoms with E-state index in [1.165, 1.54) is 12.0 Å². The predicted molar refractivity (Wildman–Crippen MR) is 100 cm³/mol. The highest BCUT2D eigenvalue weighted by atomic mass is 16.5. The van der Waals surface area contributed by atoms with E-state index in [4.69, 9.17) is 4.74 Å². The Morgan fingerprint density at radius 2 is 2.04 bits per heavy atom. The number of carbonyl (C=O) groups excluding carboxylic acids is 3. The number of nitrogens with zero attached hydrogens (tertiary/aromatic N) is 1. The number of fused-ring (bicyclic) bond motifs is 4. The Labute approximate surface area is 163 Å². The van der Waals surface area contributed by atoms with E-state index in [1.807, 2.05) is 25.1 Å². The molecule has 0 radical (unpaired) electrons. The van der Waals surface area contributed by atoms with Crippen LogP contribution in [0, 0.1) is 11.8 Å². The maximum atomic E-state index is 13.3. The minimum Gasteiger partial charge on any atom is -0.392 e. The number of anilines is 1. The second-order valence-electron chi connectivity index (χ2n) is 7.73. The van der Waals surface area contributed by atoms with E-state index in [1.54, 1.807) is 6.92 Å². The first-order valence-corrected chi connectivity index (χ1v) is 9.61. The number of amides is 3. The first-order chi connectivity index (χ1) is 13.4. The molecule has 150 valence electrons. The summed E-state index contributed by atoms with van der Waals surface area (Å²) in [5.41, 5.74) is 0.975. The number of methoxy groups -OCH3 is 1. The molecule has 3 amide bonds. The Hall–Kier alpha value is -2.29. The number of aryl methyl sites for hydroxylation is 1. The van der Waals surface area contributed by atoms with E-state index >= 15 is 0 Å². The van der Waals surface area contributed by atoms with E-state index in [0.29, 0.717) is 11.3 Å². The van der Waals surface area contributed by atoms with Crippen LogP contribution in [0.1, 0.15) is 25.0 Å². The number of benzene rings is 1. The van der Waals surface area contributed by atoms with Crippen molar-refractivity contribution in [2.75, 3.05) is 25.6 Å². The van der Waals surface area contributed by atoms with E-state index in [-0.39, 0.29) is 25.0 Å². The summed E-state index contributed by atoms with van der Waals surface area (Å²) in [5.74, 6) is -2.82. The van der Waals surface area contributed by atoms with Crippen molar-refractivity contribution in [1.82, 2.24) is 10.2 Å². The van der Waals surface area contributed by atoms with Gasteiger partial charge in [-0.3, -0.25) is 24.6 Å². The third-order valence-electron chi connectivity index (χ3n) is 6.25. The van der Waals surface area contributed by atoms with Gasteiger partial charge in [0.25, 0.3) is 0 Å². The van der Waals surface area contributed by atoms with Gasteiger partial charge in [0.15, 0.2) is 0 Å². The van der Waals surface area contributed by atoms with Gasteiger partial charge in [-0.05, 0) is 25.0 Å². The van der Waals surface area contributed by atoms with Crippen molar-refractivity contribution in [3.05, 3.63) is 29.3 Å². The fraction of sp³-hybridized carbons (Fsp3) is 0.550. The second kappa shape index (κ2) is 6.65. The Balaban J connectivity index is 1.86. The van der Waals surface area contributed by atoms with Crippen molar-refractivity contribution >= 4 is 23.4 Å². The molecular weight excluding hydrogens is 362 g/mol. The Kier molecular flexibility index (Phi) is 4.52. The number of rotatable bonds is 5. The molecule has 3 heterocycles. The molecule has 0 bridgehead atoms. The zero-order valence-corrected chi connectivity index (χ0v) is 16.2. The molecule has 2 saturated heterocycles. The molecule has 0 aliphatic carbocycles. The lowest BCUT2D eigenvalue weighted by Crippen LogP contribution is -2.55. The van der Waals surface area contributed by atoms with E-state index in [2.05, 4.69) is 10.6 Å². The van der Waals surface area contributed by atoms with E-state index in [9.17, 15) is 19.5 Å². The van der Waals surface area contributed by atoms with Crippen LogP contribution in [-0.2, 0) is 31.1 Å². The van der Waals surface area contributed by atoms with Gasteiger partial charge in [-0.25, -0.2) is 0 Å². The van der Waals surface area contributed by atoms with Crippen LogP contribution in [0.2, 0.25) is 0 Å². The third kappa shape index (κ3) is 2.38. The molecule has 3 aliphatic rings. The summed E-state index contributed by atoms with van der Waals surface area (Å²) in [6.45, 7) is 3.94. The number of ether oxygens (including phenoxy) is 1. The topological polar surface area (TPSA) is 108 Å². The highest BCUT2D eigenvalue weighted by Crippen LogP contribution is 2.53. The smallest absolute Gasteiger partial charge is 0.250 e. The molecule has 8 heteroatoms. The zero-order valence-electron chi connectivity index (χ0n) is 16.2. The van der Waals surface area contributed by atoms with Crippen LogP contribution in [0.4, 0.5) is 5.69 Å². The highest BCUT2D eigenvalue weighted by Gasteiger charge is 2.71. The Morgan fingerprint density at radius 3 is 2.68 bits per heavy atom. The van der Waals surface area contributed by atoms with Gasteiger partial charge >= 0.3 is 0 Å². The first kappa shape index (κ1) is 19.0. The van der Waals surface area contributed by atoms with Crippen molar-refractivity contribution in [1.29, 1.82) is 0 Å². The van der Waals surface area contributed by atoms with Crippen LogP contribution in [0.15, 0.2) is 18.2 Å². The number of likely N-dealkylation sites (tertiary alicyclic amines) is 1. The van der Waals surface area contributed by atoms with Crippen LogP contribution >= 0.6 is 0 Å². The summed E-state index contributed by atoms with van der Waals surface area (Å²) in [6, 6.07) is 4.98. The normalized spacial score (nSPS) is 32.1. The van der Waals surface area contributed by atoms with Crippen LogP contribution in [0.3, 0.4) is 0 Å². The quantitative estimate of drug-likeness (QED) is 0.614. The summed E-state index contributed by atoms with van der Waals surface area (Å²) >= 11 is 0. The van der Waals surface area contributed by atoms with Crippen molar-refractivity contribution in [3.8, 4) is 0 Å². The molecule has 0 aromatic heterocycles. The summed E-state index contributed by atoms with van der Waals surface area (Å²) in [6.07, 6.45) is -0.129. The van der Waals surface area contributed by atoms with Crippen LogP contribution < -0.4 is 10.6 Å². The highest BCUT2D eigenvalue weighted by molar-refractivity contribution is 6.15. The van der Waals surface area contributed by atoms with Crippen LogP contribution in [0.5, 0.6) is 0 Å². The van der Waals surface area contributed by atoms with Gasteiger partial charge in [0.1, 0.15) is 5.54 Å². The molecule has 5 unspecified atom stereocenters. The average Bonchev–Trinajstić information content (AvgIpc) is 3.26. The largest absolute Gasteiger partial charge is 0.392 e. The Morgan fingerprint density at radius 1 is 1.29 bits per heavy atom. The minimum absolute atomic E-state index is 0.132. The van der Waals surface area contributed by atoms with E-state index < -0.39 is 35.4 Å². The fourth-order valence-corrected chi connectivity index (χ4v) is 4.88. The monoisotopic (exact) mass is 387 g/mol. The minimum atomic E-state index is -1.36. The number of aliphatic hydroxyl groups excluding tert-OH is 1. The van der Waals surface area contributed by atoms with Gasteiger partial charge in [-0.1, -0.05) is 19.1 Å². The number of hydrogen-bond acceptors (Lipinski definition) is 6. The van der Waals surface area contributed by atoms with Crippen molar-refractivity contribution in [2.24, 2.45) is 11.8 Å². The lowest BCUT2D eigenvalue weighted by atomic mass is 9.76. The second-order valence-corrected chi connectivity index (χ2v) is 7.73. The third-order valence-corrected chi connectivity index (χ3v) is 6.25. The molecule has 8 nitrogen and oxygen atoms in total. The molecule has 1 spiro atoms. The van der Waals surface area contributed by atoms with Crippen molar-refractivity contribution in [3.63, 3.8) is 0 Å². The molecule has 5 atom stereocenters. The van der Waals surface area contributed by atoms with E-state index in [0.717, 1.165) is 12.0 Å². The lowest BCUT2D eigenvalue weighted by molar-refractivity contribution is -0.143. The van der Waals surface area contributed by atoms with Gasteiger partial charge in [0.2, 0.25) is 17.7 Å². The molecule has 3 aliphatic heterocycles. The number of imide groups is 1. The van der Waals surface area contributed by atoms with Gasteiger partial charge in [-0.2, -0.15) is 0 Å². The zero-order chi connectivity index (χ0) is 20.2. The molecule has 4 rings (SSSR count). The number of aliphatic hydroxyl groups is 1. The maximum absolute atomic E-state index is 13.3. The van der Waals surface area contributed by atoms with Gasteiger partial charge in [-0.15, -0.1) is 0 Å². The number of nitrogens with one attached hydrogen (secondary N) is 2. The standard InChI is InChI=1S/C20H25N3O5/c1-4-11-5-6-13-12(9-11)20(19(27)21-13)15-14(16(22-20)10(2)24)17(25)23(18(15)26)7-8-28-3/h5-6,9-10,14-16,22,24H,4,7-8H2,1-3H3,(H,21,27). The molecule has 3 N–H and O–H groups in total. The predicted octanol–water partition coefficient (Wildman–Crippen LogP) is -0.00340. The molecule has 1 aromatic rings. The number of hydrogen-bond donors (Lipinski definition) is 3. The van der Waals surface area contributed by atoms with Gasteiger partial charge in [0.05, 0.1) is 31.1 Å². The first-order valence-electron chi connectivity index (χ1n) is 9.61. The summed E-state index contributed by atoms with van der Waals surface area (Å²) < 4.78 is 5.03. The summed E-state index contributed by atoms with van der Waals surface area (Å²) in [4.78, 5) is 40.7. The van der Waals surface area contributed by atoms with Crippen LogP contribution in [0.25, 0.3) is 0 Å². The lowest BCUT2D eigenvalue weighted by Gasteiger charge is -2.30. The molecule has 28 heavy (non-hydrogen) atoms. The van der Waals surface area contributed by atoms with Crippen molar-refractivity contribution in [2.45, 2.75) is 38.0 Å². The molecule has 2 fully saturated rings. The SMILES string of the molecule is CCc1ccc2c(c1)C1(NC(C(C)O)C3C(=O)N(CCOC)C(=O)C31)C(=O)N2. The molecular formula is C20H25N3O5. The van der Waals surface area contributed by atoms with Gasteiger partial charge in [0, 0.05) is 24.4 Å². The van der Waals surface area contributed by atoms with Crippen molar-refractivity contribution < 1.29 is 24.2 Å². The molecule has 1 aromatic carbocycles. The fourth-order valence-electron chi connectivity index (χ4n) is 4.88. The molecule has 0 saturated carbocycles.